The summed E-state index contributed by atoms with van der Waals surface area (Å²) in [7, 11) is 0. The summed E-state index contributed by atoms with van der Waals surface area (Å²) in [5, 5.41) is 4.32. The molecule has 3 nitrogen and oxygen atoms in total. The van der Waals surface area contributed by atoms with Crippen LogP contribution in [0.3, 0.4) is 0 Å². The van der Waals surface area contributed by atoms with Crippen LogP contribution in [0.2, 0.25) is 0 Å². The lowest BCUT2D eigenvalue weighted by Gasteiger charge is -2.24. The zero-order valence-corrected chi connectivity index (χ0v) is 10.5. The molecule has 0 N–H and O–H groups in total. The predicted octanol–water partition coefficient (Wildman–Crippen LogP) is 2.52. The minimum absolute atomic E-state index is 0.0177. The van der Waals surface area contributed by atoms with Crippen LogP contribution in [0.15, 0.2) is 6.20 Å². The van der Waals surface area contributed by atoms with Crippen molar-refractivity contribution >= 4 is 6.41 Å². The van der Waals surface area contributed by atoms with E-state index in [0.29, 0.717) is 0 Å². The van der Waals surface area contributed by atoms with E-state index in [1.165, 1.54) is 4.68 Å². The lowest BCUT2D eigenvalue weighted by molar-refractivity contribution is 0.515. The number of carbonyl (C=O) groups is 1. The Hall–Kier alpha value is -1.12. The number of hydrogen-bond donors (Lipinski definition) is 0. The van der Waals surface area contributed by atoms with Crippen molar-refractivity contribution in [3.8, 4) is 0 Å². The van der Waals surface area contributed by atoms with Gasteiger partial charge in [-0.05, 0) is 11.0 Å². The van der Waals surface area contributed by atoms with Gasteiger partial charge in [0.1, 0.15) is 0 Å². The van der Waals surface area contributed by atoms with Gasteiger partial charge >= 0.3 is 0 Å². The minimum Gasteiger partial charge on any atom is -0.276 e. The Morgan fingerprint density at radius 1 is 1.13 bits per heavy atom. The van der Waals surface area contributed by atoms with Crippen LogP contribution in [-0.4, -0.2) is 16.2 Å². The fraction of sp³-hybridized carbons (Fsp3) is 0.667. The summed E-state index contributed by atoms with van der Waals surface area (Å²) < 4.78 is 1.36. The van der Waals surface area contributed by atoms with Crippen LogP contribution < -0.4 is 0 Å². The van der Waals surface area contributed by atoms with Crippen molar-refractivity contribution in [2.24, 2.45) is 0 Å². The third kappa shape index (κ3) is 2.46. The lowest BCUT2D eigenvalue weighted by Crippen LogP contribution is -2.21. The zero-order valence-electron chi connectivity index (χ0n) is 10.5. The molecule has 0 radical (unpaired) electrons. The minimum atomic E-state index is -0.0309. The van der Waals surface area contributed by atoms with Gasteiger partial charge < -0.3 is 0 Å². The van der Waals surface area contributed by atoms with Gasteiger partial charge in [0.15, 0.2) is 0 Å². The molecule has 1 rings (SSSR count). The Morgan fingerprint density at radius 2 is 1.67 bits per heavy atom. The van der Waals surface area contributed by atoms with E-state index in [4.69, 9.17) is 0 Å². The van der Waals surface area contributed by atoms with Crippen LogP contribution in [0.1, 0.15) is 52.8 Å². The van der Waals surface area contributed by atoms with Gasteiger partial charge in [0.05, 0.1) is 5.69 Å². The fourth-order valence-corrected chi connectivity index (χ4v) is 1.55. The van der Waals surface area contributed by atoms with Gasteiger partial charge in [-0.2, -0.15) is 5.10 Å². The second-order valence-electron chi connectivity index (χ2n) is 5.98. The zero-order chi connectivity index (χ0) is 11.9. The Morgan fingerprint density at radius 3 is 1.93 bits per heavy atom. The quantitative estimate of drug-likeness (QED) is 0.665. The highest BCUT2D eigenvalue weighted by molar-refractivity contribution is 5.52. The Bertz CT molecular complexity index is 332. The van der Waals surface area contributed by atoms with E-state index in [9.17, 15) is 4.79 Å². The molecule has 0 aliphatic heterocycles. The molecule has 3 heteroatoms. The first-order chi connectivity index (χ1) is 6.66. The number of carbonyl (C=O) groups excluding carboxylic acids is 1. The molecule has 0 spiro atoms. The largest absolute Gasteiger partial charge is 0.276 e. The molecule has 0 saturated heterocycles. The van der Waals surface area contributed by atoms with Gasteiger partial charge in [-0.1, -0.05) is 41.5 Å². The van der Waals surface area contributed by atoms with Crippen LogP contribution in [0.25, 0.3) is 0 Å². The summed E-state index contributed by atoms with van der Waals surface area (Å²) in [6.45, 7) is 12.7. The molecule has 15 heavy (non-hydrogen) atoms. The van der Waals surface area contributed by atoms with Crippen molar-refractivity contribution in [2.75, 3.05) is 0 Å². The molecule has 84 valence electrons. The Balaban J connectivity index is 3.37. The van der Waals surface area contributed by atoms with Crippen LogP contribution >= 0.6 is 0 Å². The van der Waals surface area contributed by atoms with E-state index < -0.39 is 0 Å². The summed E-state index contributed by atoms with van der Waals surface area (Å²) in [5.74, 6) is 0. The molecule has 0 aliphatic rings. The predicted molar refractivity (Wildman–Crippen MR) is 61.8 cm³/mol. The van der Waals surface area contributed by atoms with Gasteiger partial charge in [-0.15, -0.1) is 0 Å². The van der Waals surface area contributed by atoms with E-state index in [1.54, 1.807) is 0 Å². The molecule has 1 aromatic heterocycles. The molecule has 0 unspecified atom stereocenters. The van der Waals surface area contributed by atoms with Crippen LogP contribution in [0, 0.1) is 0 Å². The number of nitrogens with zero attached hydrogens (tertiary/aromatic N) is 2. The highest BCUT2D eigenvalue weighted by Crippen LogP contribution is 2.32. The van der Waals surface area contributed by atoms with Gasteiger partial charge in [0.2, 0.25) is 6.41 Å². The molecule has 0 bridgehead atoms. The van der Waals surface area contributed by atoms with Gasteiger partial charge in [0.25, 0.3) is 0 Å². The van der Waals surface area contributed by atoms with E-state index >= 15 is 0 Å². The average Bonchev–Trinajstić information content (AvgIpc) is 2.44. The van der Waals surface area contributed by atoms with Crippen LogP contribution in [0.5, 0.6) is 0 Å². The number of hydrogen-bond acceptors (Lipinski definition) is 2. The summed E-state index contributed by atoms with van der Waals surface area (Å²) in [5.41, 5.74) is 2.13. The van der Waals surface area contributed by atoms with E-state index in [-0.39, 0.29) is 10.8 Å². The Labute approximate surface area is 91.5 Å². The molecule has 0 amide bonds. The van der Waals surface area contributed by atoms with Crippen LogP contribution in [0.4, 0.5) is 0 Å². The molecule has 0 fully saturated rings. The molecule has 1 aromatic rings. The Kier molecular flexibility index (Phi) is 2.77. The van der Waals surface area contributed by atoms with Crippen molar-refractivity contribution in [1.82, 2.24) is 9.78 Å². The SMILES string of the molecule is CC(C)(C)c1cn(C=O)nc1C(C)(C)C. The smallest absolute Gasteiger partial charge is 0.234 e. The summed E-state index contributed by atoms with van der Waals surface area (Å²) >= 11 is 0. The van der Waals surface area contributed by atoms with Crippen molar-refractivity contribution in [3.63, 3.8) is 0 Å². The first kappa shape index (κ1) is 12.0. The van der Waals surface area contributed by atoms with Gasteiger partial charge in [0, 0.05) is 11.6 Å². The summed E-state index contributed by atoms with van der Waals surface area (Å²) in [4.78, 5) is 10.7. The lowest BCUT2D eigenvalue weighted by atomic mass is 9.80. The van der Waals surface area contributed by atoms with E-state index in [2.05, 4.69) is 46.6 Å². The van der Waals surface area contributed by atoms with Gasteiger partial charge in [-0.25, -0.2) is 4.68 Å². The first-order valence-corrected chi connectivity index (χ1v) is 5.21. The molecular formula is C12H20N2O. The molecule has 0 atom stereocenters. The molecule has 1 heterocycles. The standard InChI is InChI=1S/C12H20N2O/c1-11(2,3)9-7-14(8-15)13-10(9)12(4,5)6/h7-8H,1-6H3. The van der Waals surface area contributed by atoms with Crippen molar-refractivity contribution in [1.29, 1.82) is 0 Å². The van der Waals surface area contributed by atoms with Crippen LogP contribution in [-0.2, 0) is 15.6 Å². The fourth-order valence-electron chi connectivity index (χ4n) is 1.55. The maximum atomic E-state index is 10.7. The van der Waals surface area contributed by atoms with Crippen molar-refractivity contribution in [3.05, 3.63) is 17.5 Å². The molecule has 0 saturated carbocycles. The van der Waals surface area contributed by atoms with Crippen molar-refractivity contribution in [2.45, 2.75) is 52.4 Å². The second-order valence-corrected chi connectivity index (χ2v) is 5.98. The molecular weight excluding hydrogens is 188 g/mol. The third-order valence-corrected chi connectivity index (χ3v) is 2.36. The van der Waals surface area contributed by atoms with Crippen molar-refractivity contribution < 1.29 is 4.79 Å². The second kappa shape index (κ2) is 3.47. The van der Waals surface area contributed by atoms with Gasteiger partial charge in [-0.3, -0.25) is 4.79 Å². The highest BCUT2D eigenvalue weighted by Gasteiger charge is 2.28. The first-order valence-electron chi connectivity index (χ1n) is 5.21. The number of rotatable bonds is 1. The topological polar surface area (TPSA) is 34.9 Å². The normalized spacial score (nSPS) is 12.9. The van der Waals surface area contributed by atoms with E-state index in [0.717, 1.165) is 17.7 Å². The average molecular weight is 208 g/mol. The summed E-state index contributed by atoms with van der Waals surface area (Å²) in [6, 6.07) is 0. The summed E-state index contributed by atoms with van der Waals surface area (Å²) in [6.07, 6.45) is 2.57. The maximum absolute atomic E-state index is 10.7. The maximum Gasteiger partial charge on any atom is 0.234 e. The third-order valence-electron chi connectivity index (χ3n) is 2.36. The molecule has 0 aliphatic carbocycles. The highest BCUT2D eigenvalue weighted by atomic mass is 16.1. The monoisotopic (exact) mass is 208 g/mol. The van der Waals surface area contributed by atoms with E-state index in [1.807, 2.05) is 6.20 Å². The number of aromatic nitrogens is 2. The molecule has 0 aromatic carbocycles.